The lowest BCUT2D eigenvalue weighted by Gasteiger charge is -2.14. The number of sulfone groups is 1. The molecule has 0 atom stereocenters. The summed E-state index contributed by atoms with van der Waals surface area (Å²) in [6.07, 6.45) is 1.18. The average Bonchev–Trinajstić information content (AvgIpc) is 1.96. The van der Waals surface area contributed by atoms with Crippen LogP contribution in [0, 0.1) is 18.3 Å². The van der Waals surface area contributed by atoms with Crippen LogP contribution in [0.15, 0.2) is 0 Å². The smallest absolute Gasteiger partial charge is 0.148 e. The molecule has 0 unspecified atom stereocenters. The van der Waals surface area contributed by atoms with Crippen LogP contribution in [0.5, 0.6) is 0 Å². The highest BCUT2D eigenvalue weighted by Crippen LogP contribution is 1.89. The Labute approximate surface area is 73.7 Å². The van der Waals surface area contributed by atoms with Crippen molar-refractivity contribution in [2.75, 3.05) is 31.6 Å². The normalized spacial score (nSPS) is 11.5. The Hall–Kier alpha value is -0.600. The largest absolute Gasteiger partial charge is 0.290 e. The van der Waals surface area contributed by atoms with Gasteiger partial charge in [0.05, 0.1) is 18.4 Å². The van der Waals surface area contributed by atoms with Gasteiger partial charge in [-0.1, -0.05) is 0 Å². The lowest BCUT2D eigenvalue weighted by atomic mass is 10.5. The van der Waals surface area contributed by atoms with E-state index in [9.17, 15) is 8.42 Å². The molecule has 0 aromatic heterocycles. The van der Waals surface area contributed by atoms with Crippen LogP contribution in [0.4, 0.5) is 0 Å². The van der Waals surface area contributed by atoms with Crippen molar-refractivity contribution >= 4 is 9.84 Å². The number of hydrogen-bond acceptors (Lipinski definition) is 4. The molecule has 0 aliphatic rings. The molecule has 5 heteroatoms. The molecule has 69 valence electrons. The molecule has 12 heavy (non-hydrogen) atoms. The van der Waals surface area contributed by atoms with E-state index in [1.807, 2.05) is 6.07 Å². The van der Waals surface area contributed by atoms with Crippen molar-refractivity contribution in [3.05, 3.63) is 6.92 Å². The molecule has 0 aromatic rings. The number of nitrogens with zero attached hydrogens (tertiary/aromatic N) is 2. The SMILES string of the molecule is [CH2]CN(CC#N)CCS(C)(=O)=O. The minimum absolute atomic E-state index is 0.0875. The molecular formula is C7H13N2O2S. The first-order valence-electron chi connectivity index (χ1n) is 3.56. The van der Waals surface area contributed by atoms with Gasteiger partial charge in [0.1, 0.15) is 9.84 Å². The fourth-order valence-electron chi connectivity index (χ4n) is 0.665. The van der Waals surface area contributed by atoms with Crippen LogP contribution >= 0.6 is 0 Å². The molecule has 1 radical (unpaired) electrons. The third-order valence-corrected chi connectivity index (χ3v) is 2.31. The molecule has 0 aromatic carbocycles. The summed E-state index contributed by atoms with van der Waals surface area (Å²) in [4.78, 5) is 1.68. The summed E-state index contributed by atoms with van der Waals surface area (Å²) in [6.45, 7) is 4.67. The Balaban J connectivity index is 3.83. The quantitative estimate of drug-likeness (QED) is 0.557. The van der Waals surface area contributed by atoms with E-state index in [-0.39, 0.29) is 12.3 Å². The van der Waals surface area contributed by atoms with Crippen molar-refractivity contribution in [2.24, 2.45) is 0 Å². The van der Waals surface area contributed by atoms with E-state index in [1.54, 1.807) is 4.90 Å². The van der Waals surface area contributed by atoms with Crippen LogP contribution < -0.4 is 0 Å². The zero-order valence-electron chi connectivity index (χ0n) is 7.15. The standard InChI is InChI=1S/C7H13N2O2S/c1-3-9(5-4-8)6-7-12(2,10)11/h1,3,5-7H2,2H3. The van der Waals surface area contributed by atoms with Crippen molar-refractivity contribution in [3.8, 4) is 6.07 Å². The molecule has 0 heterocycles. The van der Waals surface area contributed by atoms with Crippen LogP contribution in [0.25, 0.3) is 0 Å². The molecular weight excluding hydrogens is 176 g/mol. The van der Waals surface area contributed by atoms with Crippen LogP contribution in [0.1, 0.15) is 0 Å². The average molecular weight is 189 g/mol. The molecule has 0 aliphatic heterocycles. The Morgan fingerprint density at radius 1 is 1.58 bits per heavy atom. The molecule has 0 amide bonds. The maximum atomic E-state index is 10.7. The van der Waals surface area contributed by atoms with E-state index in [4.69, 9.17) is 5.26 Å². The zero-order valence-corrected chi connectivity index (χ0v) is 7.97. The number of rotatable bonds is 5. The predicted molar refractivity (Wildman–Crippen MR) is 47.1 cm³/mol. The Morgan fingerprint density at radius 2 is 2.17 bits per heavy atom. The maximum Gasteiger partial charge on any atom is 0.148 e. The number of hydrogen-bond donors (Lipinski definition) is 0. The number of nitriles is 1. The van der Waals surface area contributed by atoms with Gasteiger partial charge >= 0.3 is 0 Å². The summed E-state index contributed by atoms with van der Waals surface area (Å²) < 4.78 is 21.5. The summed E-state index contributed by atoms with van der Waals surface area (Å²) in [6, 6.07) is 1.95. The van der Waals surface area contributed by atoms with Gasteiger partial charge in [-0.3, -0.25) is 4.90 Å². The predicted octanol–water partition coefficient (Wildman–Crippen LogP) is -0.309. The first-order chi connectivity index (χ1) is 5.49. The van der Waals surface area contributed by atoms with E-state index in [0.717, 1.165) is 0 Å². The van der Waals surface area contributed by atoms with Crippen molar-refractivity contribution in [2.45, 2.75) is 0 Å². The van der Waals surface area contributed by atoms with Gasteiger partial charge in [0.15, 0.2) is 0 Å². The van der Waals surface area contributed by atoms with Gasteiger partial charge in [0, 0.05) is 12.8 Å². The molecule has 4 nitrogen and oxygen atoms in total. The minimum atomic E-state index is -2.93. The van der Waals surface area contributed by atoms with Crippen molar-refractivity contribution < 1.29 is 8.42 Å². The summed E-state index contributed by atoms with van der Waals surface area (Å²) in [5, 5.41) is 8.33. The van der Waals surface area contributed by atoms with Crippen molar-refractivity contribution in [1.82, 2.24) is 4.90 Å². The van der Waals surface area contributed by atoms with Gasteiger partial charge in [-0.2, -0.15) is 5.26 Å². The van der Waals surface area contributed by atoms with Crippen molar-refractivity contribution in [1.29, 1.82) is 5.26 Å². The summed E-state index contributed by atoms with van der Waals surface area (Å²) in [7, 11) is -2.93. The van der Waals surface area contributed by atoms with E-state index >= 15 is 0 Å². The molecule has 0 fully saturated rings. The van der Waals surface area contributed by atoms with Crippen LogP contribution in [-0.4, -0.2) is 45.0 Å². The second-order valence-electron chi connectivity index (χ2n) is 2.56. The third kappa shape index (κ3) is 6.13. The van der Waals surface area contributed by atoms with Crippen molar-refractivity contribution in [3.63, 3.8) is 0 Å². The lowest BCUT2D eigenvalue weighted by molar-refractivity contribution is 0.357. The molecule has 0 saturated heterocycles. The highest BCUT2D eigenvalue weighted by molar-refractivity contribution is 7.90. The van der Waals surface area contributed by atoms with Gasteiger partial charge in [-0.05, 0) is 13.5 Å². The van der Waals surface area contributed by atoms with Gasteiger partial charge in [0.25, 0.3) is 0 Å². The van der Waals surface area contributed by atoms with E-state index < -0.39 is 9.84 Å². The summed E-state index contributed by atoms with van der Waals surface area (Å²) >= 11 is 0. The monoisotopic (exact) mass is 189 g/mol. The zero-order chi connectivity index (χ0) is 9.61. The van der Waals surface area contributed by atoms with Crippen LogP contribution in [-0.2, 0) is 9.84 Å². The van der Waals surface area contributed by atoms with Crippen LogP contribution in [0.2, 0.25) is 0 Å². The summed E-state index contributed by atoms with van der Waals surface area (Å²) in [5.74, 6) is 0.0875. The second-order valence-corrected chi connectivity index (χ2v) is 4.82. The summed E-state index contributed by atoms with van der Waals surface area (Å²) in [5.41, 5.74) is 0. The maximum absolute atomic E-state index is 10.7. The van der Waals surface area contributed by atoms with E-state index in [2.05, 4.69) is 6.92 Å². The Kier molecular flexibility index (Phi) is 4.86. The molecule has 0 bridgehead atoms. The van der Waals surface area contributed by atoms with Gasteiger partial charge < -0.3 is 0 Å². The fourth-order valence-corrected chi connectivity index (χ4v) is 1.25. The highest BCUT2D eigenvalue weighted by Gasteiger charge is 2.06. The van der Waals surface area contributed by atoms with E-state index in [0.29, 0.717) is 13.1 Å². The molecule has 0 rings (SSSR count). The fraction of sp³-hybridized carbons (Fsp3) is 0.714. The Bertz CT molecular complexity index is 253. The molecule has 0 aliphatic carbocycles. The molecule has 0 N–H and O–H groups in total. The topological polar surface area (TPSA) is 61.2 Å². The van der Waals surface area contributed by atoms with Crippen LogP contribution in [0.3, 0.4) is 0 Å². The first kappa shape index (κ1) is 11.4. The van der Waals surface area contributed by atoms with Gasteiger partial charge in [-0.15, -0.1) is 0 Å². The minimum Gasteiger partial charge on any atom is -0.290 e. The van der Waals surface area contributed by atoms with Gasteiger partial charge in [-0.25, -0.2) is 8.42 Å². The van der Waals surface area contributed by atoms with E-state index in [1.165, 1.54) is 6.26 Å². The second kappa shape index (κ2) is 5.12. The first-order valence-corrected chi connectivity index (χ1v) is 5.62. The molecule has 0 saturated carbocycles. The third-order valence-electron chi connectivity index (χ3n) is 1.39. The lowest BCUT2D eigenvalue weighted by Crippen LogP contribution is -2.29. The molecule has 0 spiro atoms. The van der Waals surface area contributed by atoms with Gasteiger partial charge in [0.2, 0.25) is 0 Å². The highest BCUT2D eigenvalue weighted by atomic mass is 32.2. The Morgan fingerprint density at radius 3 is 2.50 bits per heavy atom.